The quantitative estimate of drug-likeness (QED) is 0.408. The van der Waals surface area contributed by atoms with Crippen molar-refractivity contribution in [3.63, 3.8) is 0 Å². The van der Waals surface area contributed by atoms with Crippen molar-refractivity contribution in [3.05, 3.63) is 95.7 Å². The monoisotopic (exact) mass is 310 g/mol. The first-order valence-electron chi connectivity index (χ1n) is 7.91. The highest BCUT2D eigenvalue weighted by atomic mass is 16.3. The Bertz CT molecular complexity index is 561. The van der Waals surface area contributed by atoms with E-state index in [0.717, 1.165) is 17.6 Å². The molecular weight excluding hydrogens is 280 g/mol. The Balaban J connectivity index is 4.50. The van der Waals surface area contributed by atoms with Crippen molar-refractivity contribution in [3.8, 4) is 0 Å². The summed E-state index contributed by atoms with van der Waals surface area (Å²) in [5.41, 5.74) is 4.61. The van der Waals surface area contributed by atoms with Gasteiger partial charge in [-0.25, -0.2) is 0 Å². The average molecular weight is 310 g/mol. The Morgan fingerprint density at radius 2 is 1.22 bits per heavy atom. The van der Waals surface area contributed by atoms with Crippen LogP contribution in [0.4, 0.5) is 0 Å². The van der Waals surface area contributed by atoms with Crippen LogP contribution in [0.25, 0.3) is 0 Å². The molecule has 0 amide bonds. The first kappa shape index (κ1) is 20.9. The number of rotatable bonds is 9. The molecule has 0 atom stereocenters. The van der Waals surface area contributed by atoms with Crippen LogP contribution < -0.4 is 0 Å². The molecule has 0 aromatic carbocycles. The maximum Gasteiger partial charge on any atom is 0.0642 e. The van der Waals surface area contributed by atoms with Crippen molar-refractivity contribution in [2.45, 2.75) is 34.1 Å². The summed E-state index contributed by atoms with van der Waals surface area (Å²) in [6.45, 7) is 12.0. The van der Waals surface area contributed by atoms with Gasteiger partial charge < -0.3 is 5.11 Å². The lowest BCUT2D eigenvalue weighted by molar-refractivity contribution is 0.331. The van der Waals surface area contributed by atoms with Gasteiger partial charge in [-0.3, -0.25) is 0 Å². The zero-order valence-corrected chi connectivity index (χ0v) is 14.9. The van der Waals surface area contributed by atoms with Gasteiger partial charge >= 0.3 is 0 Å². The summed E-state index contributed by atoms with van der Waals surface area (Å²) < 4.78 is 0. The van der Waals surface area contributed by atoms with Gasteiger partial charge in [-0.05, 0) is 39.7 Å². The van der Waals surface area contributed by atoms with Crippen LogP contribution in [0.1, 0.15) is 34.1 Å². The predicted molar refractivity (Wildman–Crippen MR) is 104 cm³/mol. The fraction of sp³-hybridized carbons (Fsp3) is 0.273. The molecule has 1 heteroatoms. The molecule has 0 rings (SSSR count). The molecule has 0 radical (unpaired) electrons. The average Bonchev–Trinajstić information content (AvgIpc) is 2.51. The number of allylic oxidation sites excluding steroid dienone is 14. The maximum absolute atomic E-state index is 8.90. The molecule has 0 aliphatic heterocycles. The number of aliphatic hydroxyl groups is 1. The molecule has 0 saturated carbocycles. The van der Waals surface area contributed by atoms with E-state index in [1.54, 1.807) is 0 Å². The van der Waals surface area contributed by atoms with Gasteiger partial charge in [0, 0.05) is 0 Å². The Morgan fingerprint density at radius 1 is 0.739 bits per heavy atom. The van der Waals surface area contributed by atoms with Gasteiger partial charge in [-0.1, -0.05) is 83.6 Å². The van der Waals surface area contributed by atoms with Crippen molar-refractivity contribution in [1.29, 1.82) is 0 Å². The SMILES string of the molecule is C=CC/C(C)=C/C=C/C(C)=C/C=C/C=C(C)/C=C/C=C(\C)CO. The first-order chi connectivity index (χ1) is 11.0. The molecule has 0 aliphatic rings. The Labute approximate surface area is 142 Å². The molecule has 0 heterocycles. The summed E-state index contributed by atoms with van der Waals surface area (Å²) in [6, 6.07) is 0. The Morgan fingerprint density at radius 3 is 1.65 bits per heavy atom. The van der Waals surface area contributed by atoms with Crippen LogP contribution in [0, 0.1) is 0 Å². The van der Waals surface area contributed by atoms with Gasteiger partial charge in [0.1, 0.15) is 0 Å². The standard InChI is InChI=1S/C22H30O/c1-6-11-19(2)14-9-15-20(3)12-7-8-13-21(4)16-10-17-22(5)18-23/h6-10,12-17,23H,1,11,18H2,2-5H3/b8-7+,15-9+,16-10+,19-14+,20-12+,21-13+,22-17+. The Hall–Kier alpha value is -2.12. The van der Waals surface area contributed by atoms with E-state index in [0.29, 0.717) is 0 Å². The predicted octanol–water partition coefficient (Wildman–Crippen LogP) is 6.01. The third-order valence-corrected chi connectivity index (χ3v) is 3.02. The molecule has 0 spiro atoms. The molecule has 0 bridgehead atoms. The van der Waals surface area contributed by atoms with Crippen molar-refractivity contribution in [1.82, 2.24) is 0 Å². The summed E-state index contributed by atoms with van der Waals surface area (Å²) >= 11 is 0. The highest BCUT2D eigenvalue weighted by molar-refractivity contribution is 5.29. The van der Waals surface area contributed by atoms with E-state index < -0.39 is 0 Å². The molecule has 1 nitrogen and oxygen atoms in total. The van der Waals surface area contributed by atoms with E-state index in [2.05, 4.69) is 50.8 Å². The van der Waals surface area contributed by atoms with E-state index in [-0.39, 0.29) is 6.61 Å². The van der Waals surface area contributed by atoms with Crippen LogP contribution >= 0.6 is 0 Å². The molecule has 0 aromatic heterocycles. The molecule has 0 saturated heterocycles. The topological polar surface area (TPSA) is 20.2 Å². The van der Waals surface area contributed by atoms with Crippen molar-refractivity contribution in [2.75, 3.05) is 6.61 Å². The Kier molecular flexibility index (Phi) is 12.3. The minimum Gasteiger partial charge on any atom is -0.392 e. The molecule has 0 aliphatic carbocycles. The summed E-state index contributed by atoms with van der Waals surface area (Å²) in [6.07, 6.45) is 23.2. The van der Waals surface area contributed by atoms with E-state index in [1.807, 2.05) is 50.3 Å². The first-order valence-corrected chi connectivity index (χ1v) is 7.91. The molecule has 1 N–H and O–H groups in total. The zero-order valence-electron chi connectivity index (χ0n) is 14.9. The highest BCUT2D eigenvalue weighted by Crippen LogP contribution is 2.03. The second-order valence-corrected chi connectivity index (χ2v) is 5.60. The number of hydrogen-bond acceptors (Lipinski definition) is 1. The molecule has 124 valence electrons. The molecule has 23 heavy (non-hydrogen) atoms. The maximum atomic E-state index is 8.90. The van der Waals surface area contributed by atoms with Crippen molar-refractivity contribution in [2.24, 2.45) is 0 Å². The number of hydrogen-bond donors (Lipinski definition) is 1. The van der Waals surface area contributed by atoms with Crippen LogP contribution in [0.5, 0.6) is 0 Å². The van der Waals surface area contributed by atoms with Crippen LogP contribution in [-0.4, -0.2) is 11.7 Å². The van der Waals surface area contributed by atoms with Crippen LogP contribution in [0.15, 0.2) is 95.7 Å². The minimum absolute atomic E-state index is 0.104. The summed E-state index contributed by atoms with van der Waals surface area (Å²) in [5, 5.41) is 8.90. The highest BCUT2D eigenvalue weighted by Gasteiger charge is 1.83. The van der Waals surface area contributed by atoms with Crippen molar-refractivity contribution >= 4 is 0 Å². The molecule has 0 unspecified atom stereocenters. The summed E-state index contributed by atoms with van der Waals surface area (Å²) in [7, 11) is 0. The lowest BCUT2D eigenvalue weighted by atomic mass is 10.2. The van der Waals surface area contributed by atoms with Gasteiger partial charge in [0.05, 0.1) is 6.61 Å². The number of aliphatic hydroxyl groups excluding tert-OH is 1. The second-order valence-electron chi connectivity index (χ2n) is 5.60. The smallest absolute Gasteiger partial charge is 0.0642 e. The van der Waals surface area contributed by atoms with Crippen LogP contribution in [0.2, 0.25) is 0 Å². The summed E-state index contributed by atoms with van der Waals surface area (Å²) in [5.74, 6) is 0. The fourth-order valence-corrected chi connectivity index (χ4v) is 1.60. The van der Waals surface area contributed by atoms with E-state index in [1.165, 1.54) is 11.1 Å². The van der Waals surface area contributed by atoms with Crippen LogP contribution in [0.3, 0.4) is 0 Å². The molecular formula is C22H30O. The lowest BCUT2D eigenvalue weighted by Crippen LogP contribution is -1.81. The lowest BCUT2D eigenvalue weighted by Gasteiger charge is -1.92. The zero-order chi connectivity index (χ0) is 17.5. The van der Waals surface area contributed by atoms with E-state index in [9.17, 15) is 0 Å². The van der Waals surface area contributed by atoms with E-state index in [4.69, 9.17) is 5.11 Å². The van der Waals surface area contributed by atoms with E-state index >= 15 is 0 Å². The third-order valence-electron chi connectivity index (χ3n) is 3.02. The minimum atomic E-state index is 0.104. The summed E-state index contributed by atoms with van der Waals surface area (Å²) in [4.78, 5) is 0. The van der Waals surface area contributed by atoms with Gasteiger partial charge in [-0.15, -0.1) is 6.58 Å². The van der Waals surface area contributed by atoms with Crippen molar-refractivity contribution < 1.29 is 5.11 Å². The van der Waals surface area contributed by atoms with Gasteiger partial charge in [0.25, 0.3) is 0 Å². The normalized spacial score (nSPS) is 15.3. The van der Waals surface area contributed by atoms with Crippen LogP contribution in [-0.2, 0) is 0 Å². The largest absolute Gasteiger partial charge is 0.392 e. The molecule has 0 aromatic rings. The van der Waals surface area contributed by atoms with Gasteiger partial charge in [0.2, 0.25) is 0 Å². The molecule has 0 fully saturated rings. The second kappa shape index (κ2) is 13.5. The van der Waals surface area contributed by atoms with Gasteiger partial charge in [-0.2, -0.15) is 0 Å². The van der Waals surface area contributed by atoms with Gasteiger partial charge in [0.15, 0.2) is 0 Å². The third kappa shape index (κ3) is 13.3. The fourth-order valence-electron chi connectivity index (χ4n) is 1.60.